The normalized spacial score (nSPS) is 22.2. The summed E-state index contributed by atoms with van der Waals surface area (Å²) in [6.45, 7) is 0.144. The van der Waals surface area contributed by atoms with E-state index in [1.54, 1.807) is 53.4 Å². The Bertz CT molecular complexity index is 1050. The molecule has 1 aliphatic carbocycles. The van der Waals surface area contributed by atoms with Crippen LogP contribution in [-0.4, -0.2) is 47.6 Å². The maximum Gasteiger partial charge on any atom is 0.353 e. The number of para-hydroxylation sites is 1. The molecule has 31 heavy (non-hydrogen) atoms. The lowest BCUT2D eigenvalue weighted by atomic mass is 9.96. The van der Waals surface area contributed by atoms with Crippen LogP contribution in [0.3, 0.4) is 0 Å². The molecule has 0 N–H and O–H groups in total. The van der Waals surface area contributed by atoms with Crippen molar-refractivity contribution in [2.24, 2.45) is 0 Å². The summed E-state index contributed by atoms with van der Waals surface area (Å²) in [5.74, 6) is -0.385. The number of nitrogens with zero attached hydrogens (tertiary/aromatic N) is 2. The molecule has 7 nitrogen and oxygen atoms in total. The van der Waals surface area contributed by atoms with Crippen LogP contribution in [-0.2, 0) is 14.3 Å². The van der Waals surface area contributed by atoms with E-state index in [9.17, 15) is 14.4 Å². The SMILES string of the molecule is O=C1CCC2(C(=O)OCCOc3ccc(Cl)cc3)N1c1ccccc1C(=O)N2C1CC1. The van der Waals surface area contributed by atoms with E-state index >= 15 is 0 Å². The number of anilines is 1. The maximum atomic E-state index is 13.4. The minimum Gasteiger partial charge on any atom is -0.490 e. The maximum absolute atomic E-state index is 13.4. The number of fused-ring (bicyclic) bond motifs is 3. The van der Waals surface area contributed by atoms with Crippen LogP contribution in [0.15, 0.2) is 48.5 Å². The first-order valence-corrected chi connectivity index (χ1v) is 10.7. The van der Waals surface area contributed by atoms with Crippen LogP contribution in [0.5, 0.6) is 5.75 Å². The smallest absolute Gasteiger partial charge is 0.353 e. The van der Waals surface area contributed by atoms with Gasteiger partial charge in [0.1, 0.15) is 19.0 Å². The van der Waals surface area contributed by atoms with Crippen molar-refractivity contribution in [3.8, 4) is 5.75 Å². The first-order valence-electron chi connectivity index (χ1n) is 10.3. The molecule has 0 aromatic heterocycles. The first kappa shape index (κ1) is 19.9. The summed E-state index contributed by atoms with van der Waals surface area (Å²) in [4.78, 5) is 42.7. The highest BCUT2D eigenvalue weighted by atomic mass is 35.5. The molecule has 1 saturated heterocycles. The lowest BCUT2D eigenvalue weighted by molar-refractivity contribution is -0.158. The van der Waals surface area contributed by atoms with E-state index < -0.39 is 11.6 Å². The number of rotatable bonds is 6. The molecule has 1 atom stereocenters. The number of esters is 1. The molecular weight excluding hydrogens is 420 g/mol. The minimum atomic E-state index is -1.43. The second-order valence-corrected chi connectivity index (χ2v) is 8.34. The van der Waals surface area contributed by atoms with Crippen molar-refractivity contribution in [2.75, 3.05) is 18.1 Å². The molecule has 1 unspecified atom stereocenters. The van der Waals surface area contributed by atoms with Gasteiger partial charge in [0.15, 0.2) is 0 Å². The van der Waals surface area contributed by atoms with Gasteiger partial charge in [0.2, 0.25) is 11.6 Å². The zero-order chi connectivity index (χ0) is 21.6. The lowest BCUT2D eigenvalue weighted by Gasteiger charge is -2.48. The molecule has 2 fully saturated rings. The highest BCUT2D eigenvalue weighted by Crippen LogP contribution is 2.49. The van der Waals surface area contributed by atoms with Gasteiger partial charge in [-0.05, 0) is 49.2 Å². The minimum absolute atomic E-state index is 0.000412. The summed E-state index contributed by atoms with van der Waals surface area (Å²) in [7, 11) is 0. The van der Waals surface area contributed by atoms with E-state index in [2.05, 4.69) is 0 Å². The van der Waals surface area contributed by atoms with Crippen molar-refractivity contribution in [2.45, 2.75) is 37.4 Å². The van der Waals surface area contributed by atoms with Crippen molar-refractivity contribution in [3.63, 3.8) is 0 Å². The molecule has 0 radical (unpaired) electrons. The third-order valence-electron chi connectivity index (χ3n) is 5.94. The Labute approximate surface area is 184 Å². The largest absolute Gasteiger partial charge is 0.490 e. The van der Waals surface area contributed by atoms with Crippen LogP contribution >= 0.6 is 11.6 Å². The molecule has 5 rings (SSSR count). The van der Waals surface area contributed by atoms with Crippen molar-refractivity contribution >= 4 is 35.1 Å². The van der Waals surface area contributed by atoms with E-state index in [-0.39, 0.29) is 43.9 Å². The van der Waals surface area contributed by atoms with Gasteiger partial charge in [0, 0.05) is 23.9 Å². The van der Waals surface area contributed by atoms with Gasteiger partial charge < -0.3 is 14.4 Å². The van der Waals surface area contributed by atoms with Crippen LogP contribution in [0.2, 0.25) is 5.02 Å². The molecule has 1 saturated carbocycles. The summed E-state index contributed by atoms with van der Waals surface area (Å²) >= 11 is 5.87. The van der Waals surface area contributed by atoms with Gasteiger partial charge in [0.25, 0.3) is 5.91 Å². The topological polar surface area (TPSA) is 76.2 Å². The summed E-state index contributed by atoms with van der Waals surface area (Å²) in [6.07, 6.45) is 2.02. The third kappa shape index (κ3) is 3.24. The van der Waals surface area contributed by atoms with E-state index in [0.29, 0.717) is 22.0 Å². The third-order valence-corrected chi connectivity index (χ3v) is 6.19. The van der Waals surface area contributed by atoms with Gasteiger partial charge in [0.05, 0.1) is 11.3 Å². The number of amides is 2. The van der Waals surface area contributed by atoms with Gasteiger partial charge in [-0.15, -0.1) is 0 Å². The Morgan fingerprint density at radius 3 is 2.55 bits per heavy atom. The van der Waals surface area contributed by atoms with Crippen molar-refractivity contribution in [3.05, 3.63) is 59.1 Å². The monoisotopic (exact) mass is 440 g/mol. The Morgan fingerprint density at radius 2 is 1.81 bits per heavy atom. The van der Waals surface area contributed by atoms with Gasteiger partial charge in [-0.2, -0.15) is 0 Å². The quantitative estimate of drug-likeness (QED) is 0.508. The number of halogens is 1. The van der Waals surface area contributed by atoms with E-state index in [0.717, 1.165) is 12.8 Å². The molecule has 3 aliphatic rings. The molecule has 0 spiro atoms. The number of carbonyl (C=O) groups is 3. The Hall–Kier alpha value is -3.06. The number of benzene rings is 2. The van der Waals surface area contributed by atoms with Crippen molar-refractivity contribution in [1.82, 2.24) is 4.90 Å². The van der Waals surface area contributed by atoms with Gasteiger partial charge in [-0.25, -0.2) is 4.79 Å². The predicted octanol–water partition coefficient (Wildman–Crippen LogP) is 3.40. The number of carbonyl (C=O) groups excluding carboxylic acids is 3. The number of hydrogen-bond donors (Lipinski definition) is 0. The van der Waals surface area contributed by atoms with Crippen LogP contribution < -0.4 is 9.64 Å². The van der Waals surface area contributed by atoms with Crippen LogP contribution in [0.25, 0.3) is 0 Å². The molecule has 2 aliphatic heterocycles. The molecule has 2 heterocycles. The molecule has 2 aromatic rings. The zero-order valence-electron chi connectivity index (χ0n) is 16.8. The van der Waals surface area contributed by atoms with E-state index in [1.165, 1.54) is 4.90 Å². The highest BCUT2D eigenvalue weighted by Gasteiger charge is 2.64. The molecule has 2 amide bonds. The second-order valence-electron chi connectivity index (χ2n) is 7.91. The average Bonchev–Trinajstić information content (AvgIpc) is 3.55. The highest BCUT2D eigenvalue weighted by molar-refractivity contribution is 6.30. The average molecular weight is 441 g/mol. The lowest BCUT2D eigenvalue weighted by Crippen LogP contribution is -2.69. The molecule has 8 heteroatoms. The molecule has 160 valence electrons. The Balaban J connectivity index is 1.39. The molecule has 0 bridgehead atoms. The van der Waals surface area contributed by atoms with Crippen molar-refractivity contribution in [1.29, 1.82) is 0 Å². The van der Waals surface area contributed by atoms with Gasteiger partial charge in [-0.3, -0.25) is 14.5 Å². The van der Waals surface area contributed by atoms with Crippen LogP contribution in [0.4, 0.5) is 5.69 Å². The van der Waals surface area contributed by atoms with Crippen molar-refractivity contribution < 1.29 is 23.9 Å². The number of ether oxygens (including phenoxy) is 2. The predicted molar refractivity (Wildman–Crippen MR) is 113 cm³/mol. The van der Waals surface area contributed by atoms with Crippen LogP contribution in [0.1, 0.15) is 36.0 Å². The Kier molecular flexibility index (Phi) is 4.85. The molecular formula is C23H21ClN2O5. The summed E-state index contributed by atoms with van der Waals surface area (Å²) in [5, 5.41) is 0.603. The summed E-state index contributed by atoms with van der Waals surface area (Å²) in [6, 6.07) is 13.8. The number of hydrogen-bond acceptors (Lipinski definition) is 5. The standard InChI is InChI=1S/C23H21ClN2O5/c24-15-5-9-17(10-6-15)30-13-14-31-22(29)23-12-11-20(27)26(23)19-4-2-1-3-18(19)21(28)25(23)16-7-8-16/h1-6,9-10,16H,7-8,11-14H2. The fourth-order valence-electron chi connectivity index (χ4n) is 4.45. The van der Waals surface area contributed by atoms with Gasteiger partial charge in [-0.1, -0.05) is 23.7 Å². The fourth-order valence-corrected chi connectivity index (χ4v) is 4.58. The van der Waals surface area contributed by atoms with Crippen LogP contribution in [0, 0.1) is 0 Å². The van der Waals surface area contributed by atoms with Gasteiger partial charge >= 0.3 is 5.97 Å². The first-order chi connectivity index (χ1) is 15.0. The zero-order valence-corrected chi connectivity index (χ0v) is 17.5. The van der Waals surface area contributed by atoms with E-state index in [4.69, 9.17) is 21.1 Å². The van der Waals surface area contributed by atoms with E-state index in [1.807, 2.05) is 0 Å². The molecule has 2 aromatic carbocycles. The second kappa shape index (κ2) is 7.57. The summed E-state index contributed by atoms with van der Waals surface area (Å²) < 4.78 is 11.2. The summed E-state index contributed by atoms with van der Waals surface area (Å²) in [5.41, 5.74) is -0.510. The Morgan fingerprint density at radius 1 is 1.06 bits per heavy atom. The fraction of sp³-hybridized carbons (Fsp3) is 0.348.